The predicted octanol–water partition coefficient (Wildman–Crippen LogP) is 3.55. The van der Waals surface area contributed by atoms with Crippen LogP contribution in [-0.2, 0) is 9.53 Å². The van der Waals surface area contributed by atoms with E-state index < -0.39 is 23.4 Å². The van der Waals surface area contributed by atoms with Crippen molar-refractivity contribution in [1.29, 1.82) is 0 Å². The summed E-state index contributed by atoms with van der Waals surface area (Å²) in [6.45, 7) is 5.00. The molecule has 7 nitrogen and oxygen atoms in total. The van der Waals surface area contributed by atoms with Crippen molar-refractivity contribution >= 4 is 34.9 Å². The minimum Gasteiger partial charge on any atom is -0.511 e. The average molecular weight is 396 g/mol. The van der Waals surface area contributed by atoms with Crippen molar-refractivity contribution in [3.63, 3.8) is 0 Å². The molecule has 0 spiro atoms. The van der Waals surface area contributed by atoms with Gasteiger partial charge in [0.05, 0.1) is 12.8 Å². The van der Waals surface area contributed by atoms with Gasteiger partial charge in [-0.1, -0.05) is 18.3 Å². The molecule has 27 heavy (non-hydrogen) atoms. The van der Waals surface area contributed by atoms with E-state index in [0.29, 0.717) is 0 Å². The molecule has 2 amide bonds. The van der Waals surface area contributed by atoms with E-state index in [2.05, 4.69) is 5.32 Å². The van der Waals surface area contributed by atoms with E-state index in [1.165, 1.54) is 25.3 Å². The van der Waals surface area contributed by atoms with Crippen molar-refractivity contribution in [2.75, 3.05) is 19.0 Å². The molecule has 0 unspecified atom stereocenters. The molecule has 1 heterocycles. The quantitative estimate of drug-likeness (QED) is 0.756. The SMILES string of the molecule is COc1c(F)cccc1NC(=S)C1=C(O)CCN(C(=O)OC(C)(C)C)C1=O. The number of carbonyl (C=O) groups excluding carboxylic acids is 2. The number of imide groups is 1. The second-order valence-electron chi connectivity index (χ2n) is 6.78. The Morgan fingerprint density at radius 1 is 1.37 bits per heavy atom. The summed E-state index contributed by atoms with van der Waals surface area (Å²) < 4.78 is 24.0. The lowest BCUT2D eigenvalue weighted by Gasteiger charge is -2.29. The Labute approximate surface area is 161 Å². The van der Waals surface area contributed by atoms with Crippen molar-refractivity contribution in [1.82, 2.24) is 4.90 Å². The van der Waals surface area contributed by atoms with Crippen LogP contribution in [0.25, 0.3) is 0 Å². The van der Waals surface area contributed by atoms with Crippen LogP contribution in [0.5, 0.6) is 5.75 Å². The lowest BCUT2D eigenvalue weighted by Crippen LogP contribution is -2.46. The Balaban J connectivity index is 2.26. The van der Waals surface area contributed by atoms with Crippen molar-refractivity contribution in [2.45, 2.75) is 32.8 Å². The molecule has 1 aromatic rings. The van der Waals surface area contributed by atoms with Gasteiger partial charge in [-0.3, -0.25) is 4.79 Å². The molecular formula is C18H21FN2O5S. The number of aliphatic hydroxyl groups is 1. The zero-order valence-electron chi connectivity index (χ0n) is 15.5. The maximum atomic E-state index is 13.8. The first-order chi connectivity index (χ1) is 12.5. The fourth-order valence-corrected chi connectivity index (χ4v) is 2.74. The number of amides is 2. The molecule has 0 radical (unpaired) electrons. The summed E-state index contributed by atoms with van der Waals surface area (Å²) in [6, 6.07) is 4.15. The van der Waals surface area contributed by atoms with Crippen LogP contribution in [0.3, 0.4) is 0 Å². The molecule has 1 aliphatic heterocycles. The zero-order chi connectivity index (χ0) is 20.4. The highest BCUT2D eigenvalue weighted by molar-refractivity contribution is 7.81. The number of para-hydroxylation sites is 1. The Bertz CT molecular complexity index is 816. The molecule has 0 aromatic heterocycles. The summed E-state index contributed by atoms with van der Waals surface area (Å²) in [5.41, 5.74) is -0.840. The first-order valence-electron chi connectivity index (χ1n) is 8.16. The smallest absolute Gasteiger partial charge is 0.417 e. The molecule has 1 aliphatic rings. The third kappa shape index (κ3) is 4.73. The average Bonchev–Trinajstić information content (AvgIpc) is 2.53. The van der Waals surface area contributed by atoms with Crippen LogP contribution in [0.1, 0.15) is 27.2 Å². The van der Waals surface area contributed by atoms with Crippen LogP contribution in [0, 0.1) is 5.82 Å². The summed E-state index contributed by atoms with van der Waals surface area (Å²) in [4.78, 5) is 25.7. The van der Waals surface area contributed by atoms with Crippen molar-refractivity contribution in [3.05, 3.63) is 35.3 Å². The highest BCUT2D eigenvalue weighted by Crippen LogP contribution is 2.29. The molecule has 0 saturated heterocycles. The third-order valence-corrected chi connectivity index (χ3v) is 3.89. The summed E-state index contributed by atoms with van der Waals surface area (Å²) in [6.07, 6.45) is -0.800. The second kappa shape index (κ2) is 7.91. The largest absolute Gasteiger partial charge is 0.511 e. The summed E-state index contributed by atoms with van der Waals surface area (Å²) >= 11 is 5.20. The molecule has 0 bridgehead atoms. The van der Waals surface area contributed by atoms with Gasteiger partial charge in [0.2, 0.25) is 0 Å². The lowest BCUT2D eigenvalue weighted by atomic mass is 10.1. The third-order valence-electron chi connectivity index (χ3n) is 3.58. The van der Waals surface area contributed by atoms with Crippen LogP contribution in [-0.4, -0.2) is 46.3 Å². The molecular weight excluding hydrogens is 375 g/mol. The number of anilines is 1. The number of hydrogen-bond donors (Lipinski definition) is 2. The Morgan fingerprint density at radius 3 is 2.63 bits per heavy atom. The molecule has 0 atom stereocenters. The minimum absolute atomic E-state index is 0.0302. The van der Waals surface area contributed by atoms with Gasteiger partial charge >= 0.3 is 6.09 Å². The van der Waals surface area contributed by atoms with Gasteiger partial charge in [0.25, 0.3) is 5.91 Å². The molecule has 2 rings (SSSR count). The molecule has 0 aliphatic carbocycles. The topological polar surface area (TPSA) is 88.1 Å². The summed E-state index contributed by atoms with van der Waals surface area (Å²) in [5.74, 6) is -1.76. The second-order valence-corrected chi connectivity index (χ2v) is 7.19. The zero-order valence-corrected chi connectivity index (χ0v) is 16.3. The standard InChI is InChI=1S/C18H21FN2O5S/c1-18(2,3)26-17(24)21-9-8-12(22)13(16(21)23)15(27)20-11-7-5-6-10(19)14(11)25-4/h5-7,22H,8-9H2,1-4H3,(H,20,27). The summed E-state index contributed by atoms with van der Waals surface area (Å²) in [7, 11) is 1.29. The predicted molar refractivity (Wildman–Crippen MR) is 101 cm³/mol. The number of benzene rings is 1. The molecule has 2 N–H and O–H groups in total. The van der Waals surface area contributed by atoms with Crippen LogP contribution >= 0.6 is 12.2 Å². The van der Waals surface area contributed by atoms with Crippen molar-refractivity contribution in [2.24, 2.45) is 0 Å². The Hall–Kier alpha value is -2.68. The number of rotatable bonds is 3. The molecule has 146 valence electrons. The molecule has 0 fully saturated rings. The normalized spacial score (nSPS) is 14.9. The maximum absolute atomic E-state index is 13.8. The van der Waals surface area contributed by atoms with Gasteiger partial charge in [-0.15, -0.1) is 0 Å². The van der Waals surface area contributed by atoms with E-state index >= 15 is 0 Å². The van der Waals surface area contributed by atoms with Crippen molar-refractivity contribution in [3.8, 4) is 5.75 Å². The molecule has 1 aromatic carbocycles. The van der Waals surface area contributed by atoms with E-state index in [1.807, 2.05) is 0 Å². The first-order valence-corrected chi connectivity index (χ1v) is 8.56. The van der Waals surface area contributed by atoms with E-state index in [4.69, 9.17) is 21.7 Å². The highest BCUT2D eigenvalue weighted by atomic mass is 32.1. The number of thiocarbonyl (C=S) groups is 1. The number of aliphatic hydroxyl groups excluding tert-OH is 1. The highest BCUT2D eigenvalue weighted by Gasteiger charge is 2.36. The van der Waals surface area contributed by atoms with Gasteiger partial charge in [0.1, 0.15) is 21.9 Å². The monoisotopic (exact) mass is 396 g/mol. The van der Waals surface area contributed by atoms with E-state index in [9.17, 15) is 19.1 Å². The number of nitrogens with one attached hydrogen (secondary N) is 1. The number of carbonyl (C=O) groups is 2. The van der Waals surface area contributed by atoms with Crippen LogP contribution in [0.15, 0.2) is 29.5 Å². The minimum atomic E-state index is -0.830. The summed E-state index contributed by atoms with van der Waals surface area (Å²) in [5, 5.41) is 12.8. The number of ether oxygens (including phenoxy) is 2. The number of nitrogens with zero attached hydrogens (tertiary/aromatic N) is 1. The first kappa shape index (κ1) is 20.6. The van der Waals surface area contributed by atoms with Crippen molar-refractivity contribution < 1.29 is 28.6 Å². The Kier molecular flexibility index (Phi) is 6.04. The van der Waals surface area contributed by atoms with Gasteiger partial charge in [-0.2, -0.15) is 0 Å². The fraction of sp³-hybridized carbons (Fsp3) is 0.389. The molecule has 9 heteroatoms. The van der Waals surface area contributed by atoms with E-state index in [1.54, 1.807) is 20.8 Å². The van der Waals surface area contributed by atoms with Crippen LogP contribution in [0.2, 0.25) is 0 Å². The number of hydrogen-bond acceptors (Lipinski definition) is 6. The van der Waals surface area contributed by atoms with Crippen LogP contribution < -0.4 is 10.1 Å². The molecule has 0 saturated carbocycles. The van der Waals surface area contributed by atoms with Gasteiger partial charge in [-0.25, -0.2) is 14.1 Å². The van der Waals surface area contributed by atoms with Gasteiger partial charge in [0.15, 0.2) is 11.6 Å². The van der Waals surface area contributed by atoms with Gasteiger partial charge < -0.3 is 19.9 Å². The maximum Gasteiger partial charge on any atom is 0.417 e. The van der Waals surface area contributed by atoms with Gasteiger partial charge in [0, 0.05) is 13.0 Å². The fourth-order valence-electron chi connectivity index (χ4n) is 2.42. The van der Waals surface area contributed by atoms with E-state index in [0.717, 1.165) is 4.90 Å². The van der Waals surface area contributed by atoms with Gasteiger partial charge in [-0.05, 0) is 32.9 Å². The number of halogens is 1. The lowest BCUT2D eigenvalue weighted by molar-refractivity contribution is -0.126. The number of methoxy groups -OCH3 is 1. The Morgan fingerprint density at radius 2 is 2.04 bits per heavy atom. The van der Waals surface area contributed by atoms with E-state index in [-0.39, 0.29) is 40.7 Å². The van der Waals surface area contributed by atoms with Crippen LogP contribution in [0.4, 0.5) is 14.9 Å².